The molecule has 0 fully saturated rings. The fourth-order valence-electron chi connectivity index (χ4n) is 1.64. The van der Waals surface area contributed by atoms with Gasteiger partial charge in [0, 0.05) is 17.3 Å². The zero-order chi connectivity index (χ0) is 15.4. The van der Waals surface area contributed by atoms with E-state index >= 15 is 0 Å². The van der Waals surface area contributed by atoms with Gasteiger partial charge in [-0.25, -0.2) is 9.78 Å². The zero-order valence-electron chi connectivity index (χ0n) is 10.7. The van der Waals surface area contributed by atoms with Crippen molar-refractivity contribution >= 4 is 23.6 Å². The second-order valence-electron chi connectivity index (χ2n) is 4.10. The number of nitrogens with one attached hydrogen (secondary N) is 1. The highest BCUT2D eigenvalue weighted by Crippen LogP contribution is 2.13. The third-order valence-corrected chi connectivity index (χ3v) is 2.70. The van der Waals surface area contributed by atoms with Crippen molar-refractivity contribution in [2.45, 2.75) is 0 Å². The number of hydrogen-bond acceptors (Lipinski definition) is 4. The van der Waals surface area contributed by atoms with Gasteiger partial charge in [0.2, 0.25) is 5.91 Å². The van der Waals surface area contributed by atoms with Crippen molar-refractivity contribution in [2.75, 3.05) is 5.32 Å². The molecule has 0 spiro atoms. The number of amides is 2. The molecule has 0 bridgehead atoms. The first-order valence-electron chi connectivity index (χ1n) is 5.88. The van der Waals surface area contributed by atoms with Crippen LogP contribution in [0.1, 0.15) is 31.1 Å². The monoisotopic (exact) mass is 285 g/mol. The van der Waals surface area contributed by atoms with E-state index in [0.29, 0.717) is 0 Å². The topological polar surface area (TPSA) is 122 Å². The maximum Gasteiger partial charge on any atom is 0.339 e. The number of pyridine rings is 1. The van der Waals surface area contributed by atoms with Gasteiger partial charge >= 0.3 is 5.97 Å². The summed E-state index contributed by atoms with van der Waals surface area (Å²) < 4.78 is 0. The lowest BCUT2D eigenvalue weighted by molar-refractivity contribution is 0.0697. The Labute approximate surface area is 119 Å². The lowest BCUT2D eigenvalue weighted by atomic mass is 10.1. The molecule has 0 aliphatic rings. The van der Waals surface area contributed by atoms with Crippen molar-refractivity contribution in [3.8, 4) is 0 Å². The molecule has 21 heavy (non-hydrogen) atoms. The Morgan fingerprint density at radius 3 is 2.24 bits per heavy atom. The Balaban J connectivity index is 2.22. The van der Waals surface area contributed by atoms with E-state index in [1.165, 1.54) is 42.6 Å². The minimum absolute atomic E-state index is 0.0472. The summed E-state index contributed by atoms with van der Waals surface area (Å²) in [5, 5.41) is 11.4. The SMILES string of the molecule is NC(=O)c1ccc(C(=O)Nc2ncccc2C(=O)O)cc1. The van der Waals surface area contributed by atoms with Gasteiger partial charge in [-0.1, -0.05) is 0 Å². The molecular formula is C14H11N3O4. The van der Waals surface area contributed by atoms with Gasteiger partial charge in [0.05, 0.1) is 0 Å². The van der Waals surface area contributed by atoms with Gasteiger partial charge in [0.1, 0.15) is 11.4 Å². The number of nitrogens with two attached hydrogens (primary N) is 1. The molecule has 2 aromatic rings. The number of carbonyl (C=O) groups excluding carboxylic acids is 2. The molecule has 0 aliphatic carbocycles. The van der Waals surface area contributed by atoms with E-state index in [4.69, 9.17) is 10.8 Å². The van der Waals surface area contributed by atoms with Crippen LogP contribution in [0, 0.1) is 0 Å². The van der Waals surface area contributed by atoms with Crippen molar-refractivity contribution in [3.05, 3.63) is 59.3 Å². The number of carboxylic acids is 1. The number of aromatic carboxylic acids is 1. The molecule has 1 heterocycles. The molecule has 2 rings (SSSR count). The molecule has 0 aliphatic heterocycles. The van der Waals surface area contributed by atoms with Crippen LogP contribution in [0.5, 0.6) is 0 Å². The Bertz CT molecular complexity index is 710. The summed E-state index contributed by atoms with van der Waals surface area (Å²) in [5.41, 5.74) is 5.52. The first-order chi connectivity index (χ1) is 9.99. The quantitative estimate of drug-likeness (QED) is 0.777. The Hall–Kier alpha value is -3.22. The van der Waals surface area contributed by atoms with Crippen molar-refractivity contribution in [2.24, 2.45) is 5.73 Å². The summed E-state index contributed by atoms with van der Waals surface area (Å²) >= 11 is 0. The maximum absolute atomic E-state index is 12.0. The minimum Gasteiger partial charge on any atom is -0.478 e. The van der Waals surface area contributed by atoms with Crippen LogP contribution in [0.3, 0.4) is 0 Å². The summed E-state index contributed by atoms with van der Waals surface area (Å²) in [6.45, 7) is 0. The highest BCUT2D eigenvalue weighted by molar-refractivity contribution is 6.07. The van der Waals surface area contributed by atoms with Crippen molar-refractivity contribution in [1.82, 2.24) is 4.98 Å². The van der Waals surface area contributed by atoms with E-state index < -0.39 is 17.8 Å². The van der Waals surface area contributed by atoms with E-state index in [2.05, 4.69) is 10.3 Å². The number of nitrogens with zero attached hydrogens (tertiary/aromatic N) is 1. The molecular weight excluding hydrogens is 274 g/mol. The fourth-order valence-corrected chi connectivity index (χ4v) is 1.64. The molecule has 2 amide bonds. The van der Waals surface area contributed by atoms with Gasteiger partial charge in [-0.3, -0.25) is 9.59 Å². The summed E-state index contributed by atoms with van der Waals surface area (Å²) in [4.78, 5) is 37.8. The normalized spacial score (nSPS) is 9.90. The van der Waals surface area contributed by atoms with Crippen LogP contribution in [-0.4, -0.2) is 27.9 Å². The molecule has 106 valence electrons. The van der Waals surface area contributed by atoms with E-state index in [1.54, 1.807) is 0 Å². The predicted octanol–water partition coefficient (Wildman–Crippen LogP) is 1.13. The van der Waals surface area contributed by atoms with E-state index in [9.17, 15) is 14.4 Å². The van der Waals surface area contributed by atoms with Gasteiger partial charge < -0.3 is 16.2 Å². The first kappa shape index (κ1) is 14.2. The Kier molecular flexibility index (Phi) is 3.94. The van der Waals surface area contributed by atoms with Gasteiger partial charge in [-0.15, -0.1) is 0 Å². The highest BCUT2D eigenvalue weighted by Gasteiger charge is 2.14. The van der Waals surface area contributed by atoms with E-state index in [0.717, 1.165) is 0 Å². The number of aromatic nitrogens is 1. The third-order valence-electron chi connectivity index (χ3n) is 2.70. The zero-order valence-corrected chi connectivity index (χ0v) is 10.7. The molecule has 0 saturated heterocycles. The smallest absolute Gasteiger partial charge is 0.339 e. The second kappa shape index (κ2) is 5.83. The van der Waals surface area contributed by atoms with Crippen LogP contribution in [-0.2, 0) is 0 Å². The fraction of sp³-hybridized carbons (Fsp3) is 0. The minimum atomic E-state index is -1.19. The van der Waals surface area contributed by atoms with Crippen molar-refractivity contribution < 1.29 is 19.5 Å². The molecule has 7 nitrogen and oxygen atoms in total. The number of anilines is 1. The van der Waals surface area contributed by atoms with Crippen LogP contribution in [0.2, 0.25) is 0 Å². The summed E-state index contributed by atoms with van der Waals surface area (Å²) in [7, 11) is 0. The molecule has 4 N–H and O–H groups in total. The number of carbonyl (C=O) groups is 3. The number of rotatable bonds is 4. The molecule has 0 unspecified atom stereocenters. The van der Waals surface area contributed by atoms with Crippen LogP contribution < -0.4 is 11.1 Å². The molecule has 7 heteroatoms. The molecule has 1 aromatic carbocycles. The van der Waals surface area contributed by atoms with Gasteiger partial charge in [-0.05, 0) is 36.4 Å². The van der Waals surface area contributed by atoms with E-state index in [1.807, 2.05) is 0 Å². The largest absolute Gasteiger partial charge is 0.478 e. The Morgan fingerprint density at radius 2 is 1.67 bits per heavy atom. The lowest BCUT2D eigenvalue weighted by Crippen LogP contribution is -2.16. The average Bonchev–Trinajstić information content (AvgIpc) is 2.47. The molecule has 1 aromatic heterocycles. The van der Waals surface area contributed by atoms with Crippen molar-refractivity contribution in [3.63, 3.8) is 0 Å². The number of primary amides is 1. The predicted molar refractivity (Wildman–Crippen MR) is 74.1 cm³/mol. The summed E-state index contributed by atoms with van der Waals surface area (Å²) in [6, 6.07) is 8.45. The number of hydrogen-bond donors (Lipinski definition) is 3. The maximum atomic E-state index is 12.0. The summed E-state index contributed by atoms with van der Waals surface area (Å²) in [6.07, 6.45) is 1.37. The van der Waals surface area contributed by atoms with E-state index in [-0.39, 0.29) is 22.5 Å². The molecule has 0 radical (unpaired) electrons. The van der Waals surface area contributed by atoms with Crippen LogP contribution in [0.25, 0.3) is 0 Å². The van der Waals surface area contributed by atoms with Gasteiger partial charge in [-0.2, -0.15) is 0 Å². The second-order valence-corrected chi connectivity index (χ2v) is 4.10. The average molecular weight is 285 g/mol. The van der Waals surface area contributed by atoms with Crippen LogP contribution in [0.4, 0.5) is 5.82 Å². The number of carboxylic acid groups (broad SMARTS) is 1. The molecule has 0 atom stereocenters. The molecule has 0 saturated carbocycles. The lowest BCUT2D eigenvalue weighted by Gasteiger charge is -2.07. The standard InChI is InChI=1S/C14H11N3O4/c15-11(18)8-3-5-9(6-4-8)13(19)17-12-10(14(20)21)2-1-7-16-12/h1-7H,(H2,15,18)(H,20,21)(H,16,17,19). The summed E-state index contributed by atoms with van der Waals surface area (Å²) in [5.74, 6) is -2.37. The van der Waals surface area contributed by atoms with Gasteiger partial charge in [0.25, 0.3) is 5.91 Å². The number of benzene rings is 1. The van der Waals surface area contributed by atoms with Crippen LogP contribution in [0.15, 0.2) is 42.6 Å². The highest BCUT2D eigenvalue weighted by atomic mass is 16.4. The van der Waals surface area contributed by atoms with Gasteiger partial charge in [0.15, 0.2) is 0 Å². The first-order valence-corrected chi connectivity index (χ1v) is 5.88. The van der Waals surface area contributed by atoms with Crippen molar-refractivity contribution in [1.29, 1.82) is 0 Å². The van der Waals surface area contributed by atoms with Crippen LogP contribution >= 0.6 is 0 Å². The Morgan fingerprint density at radius 1 is 1.05 bits per heavy atom. The third kappa shape index (κ3) is 3.21.